The van der Waals surface area contributed by atoms with E-state index in [1.807, 2.05) is 30.3 Å². The molecule has 4 heteroatoms. The summed E-state index contributed by atoms with van der Waals surface area (Å²) in [5.74, 6) is -0.0775. The Bertz CT molecular complexity index is 568. The Labute approximate surface area is 110 Å². The van der Waals surface area contributed by atoms with Crippen LogP contribution < -0.4 is 0 Å². The zero-order chi connectivity index (χ0) is 13.0. The predicted octanol–water partition coefficient (Wildman–Crippen LogP) is 3.44. The van der Waals surface area contributed by atoms with Crippen molar-refractivity contribution in [3.05, 3.63) is 64.2 Å². The van der Waals surface area contributed by atoms with Gasteiger partial charge in [0.05, 0.1) is 11.2 Å². The van der Waals surface area contributed by atoms with Crippen molar-refractivity contribution in [2.75, 3.05) is 0 Å². The first-order valence-corrected chi connectivity index (χ1v) is 5.81. The lowest BCUT2D eigenvalue weighted by Crippen LogP contribution is -1.92. The average molecular weight is 262 g/mol. The number of oxime groups is 1. The molecule has 0 radical (unpaired) electrons. The Hall–Kier alpha value is -2.00. The van der Waals surface area contributed by atoms with Gasteiger partial charge in [0.2, 0.25) is 0 Å². The molecule has 0 aliphatic heterocycles. The lowest BCUT2D eigenvalue weighted by Gasteiger charge is -2.07. The second kappa shape index (κ2) is 5.56. The molecule has 0 aromatic heterocycles. The van der Waals surface area contributed by atoms with Crippen molar-refractivity contribution < 1.29 is 10.3 Å². The molecule has 18 heavy (non-hydrogen) atoms. The largest absolute Gasteiger partial charge is 0.506 e. The predicted molar refractivity (Wildman–Crippen MR) is 71.7 cm³/mol. The van der Waals surface area contributed by atoms with Gasteiger partial charge in [-0.2, -0.15) is 0 Å². The molecule has 0 heterocycles. The van der Waals surface area contributed by atoms with E-state index in [2.05, 4.69) is 5.16 Å². The maximum absolute atomic E-state index is 9.68. The summed E-state index contributed by atoms with van der Waals surface area (Å²) < 4.78 is 0. The number of benzene rings is 2. The molecular weight excluding hydrogens is 250 g/mol. The Balaban J connectivity index is 2.34. The number of aromatic hydroxyl groups is 1. The molecule has 0 aliphatic rings. The minimum Gasteiger partial charge on any atom is -0.506 e. The summed E-state index contributed by atoms with van der Waals surface area (Å²) in [5, 5.41) is 21.4. The van der Waals surface area contributed by atoms with Gasteiger partial charge in [0, 0.05) is 5.56 Å². The summed E-state index contributed by atoms with van der Waals surface area (Å²) in [4.78, 5) is 0. The van der Waals surface area contributed by atoms with Gasteiger partial charge < -0.3 is 10.3 Å². The topological polar surface area (TPSA) is 52.8 Å². The van der Waals surface area contributed by atoms with Gasteiger partial charge in [-0.15, -0.1) is 0 Å². The lowest BCUT2D eigenvalue weighted by atomic mass is 10.0. The molecule has 2 aromatic rings. The molecule has 2 N–H and O–H groups in total. The molecule has 2 aromatic carbocycles. The average Bonchev–Trinajstić information content (AvgIpc) is 2.37. The van der Waals surface area contributed by atoms with E-state index in [0.717, 1.165) is 17.3 Å². The van der Waals surface area contributed by atoms with Crippen LogP contribution in [0.2, 0.25) is 5.02 Å². The quantitative estimate of drug-likeness (QED) is 0.505. The SMILES string of the molecule is O/N=C\c1cc(Cc2ccccc2)cc(Cl)c1O. The van der Waals surface area contributed by atoms with E-state index in [0.29, 0.717) is 12.0 Å². The second-order valence-electron chi connectivity index (χ2n) is 3.92. The van der Waals surface area contributed by atoms with Gasteiger partial charge >= 0.3 is 0 Å². The van der Waals surface area contributed by atoms with Crippen molar-refractivity contribution in [2.45, 2.75) is 6.42 Å². The molecule has 0 saturated heterocycles. The summed E-state index contributed by atoms with van der Waals surface area (Å²) >= 11 is 5.93. The van der Waals surface area contributed by atoms with Crippen molar-refractivity contribution in [3.8, 4) is 5.75 Å². The van der Waals surface area contributed by atoms with Gasteiger partial charge in [-0.1, -0.05) is 47.1 Å². The molecule has 92 valence electrons. The highest BCUT2D eigenvalue weighted by Crippen LogP contribution is 2.29. The van der Waals surface area contributed by atoms with Gasteiger partial charge in [-0.3, -0.25) is 0 Å². The van der Waals surface area contributed by atoms with Crippen molar-refractivity contribution in [2.24, 2.45) is 5.16 Å². The molecule has 0 unspecified atom stereocenters. The smallest absolute Gasteiger partial charge is 0.143 e. The highest BCUT2D eigenvalue weighted by Gasteiger charge is 2.07. The standard InChI is InChI=1S/C14H12ClNO2/c15-13-8-11(6-10-4-2-1-3-5-10)7-12(9-16-18)14(13)17/h1-5,7-9,17-18H,6H2/b16-9-. The molecule has 0 atom stereocenters. The minimum atomic E-state index is -0.0775. The van der Waals surface area contributed by atoms with E-state index in [1.165, 1.54) is 0 Å². The molecule has 0 aliphatic carbocycles. The number of rotatable bonds is 3. The summed E-state index contributed by atoms with van der Waals surface area (Å²) in [5.41, 5.74) is 2.49. The van der Waals surface area contributed by atoms with Crippen LogP contribution in [0, 0.1) is 0 Å². The van der Waals surface area contributed by atoms with Gasteiger partial charge in [-0.05, 0) is 29.7 Å². The fourth-order valence-electron chi connectivity index (χ4n) is 1.77. The van der Waals surface area contributed by atoms with Crippen molar-refractivity contribution >= 4 is 17.8 Å². The lowest BCUT2D eigenvalue weighted by molar-refractivity contribution is 0.321. The molecule has 2 rings (SSSR count). The van der Waals surface area contributed by atoms with E-state index in [4.69, 9.17) is 16.8 Å². The Morgan fingerprint density at radius 3 is 2.50 bits per heavy atom. The molecule has 0 fully saturated rings. The third kappa shape index (κ3) is 2.81. The van der Waals surface area contributed by atoms with E-state index in [9.17, 15) is 5.11 Å². The zero-order valence-corrected chi connectivity index (χ0v) is 10.3. The first-order valence-electron chi connectivity index (χ1n) is 5.43. The van der Waals surface area contributed by atoms with Gasteiger partial charge in [0.1, 0.15) is 5.75 Å². The van der Waals surface area contributed by atoms with Crippen LogP contribution >= 0.6 is 11.6 Å². The number of hydrogen-bond acceptors (Lipinski definition) is 3. The summed E-state index contributed by atoms with van der Waals surface area (Å²) in [7, 11) is 0. The Morgan fingerprint density at radius 1 is 1.11 bits per heavy atom. The minimum absolute atomic E-state index is 0.0775. The van der Waals surface area contributed by atoms with E-state index >= 15 is 0 Å². The Kier molecular flexibility index (Phi) is 3.85. The maximum atomic E-state index is 9.68. The van der Waals surface area contributed by atoms with Crippen LogP contribution in [-0.4, -0.2) is 16.5 Å². The van der Waals surface area contributed by atoms with Gasteiger partial charge in [-0.25, -0.2) is 0 Å². The van der Waals surface area contributed by atoms with Crippen LogP contribution in [0.1, 0.15) is 16.7 Å². The summed E-state index contributed by atoms with van der Waals surface area (Å²) in [6.07, 6.45) is 1.86. The van der Waals surface area contributed by atoms with Crippen molar-refractivity contribution in [1.29, 1.82) is 0 Å². The summed E-state index contributed by atoms with van der Waals surface area (Å²) in [6, 6.07) is 13.4. The van der Waals surface area contributed by atoms with E-state index in [-0.39, 0.29) is 10.8 Å². The third-order valence-electron chi connectivity index (χ3n) is 2.60. The highest BCUT2D eigenvalue weighted by atomic mass is 35.5. The first-order chi connectivity index (χ1) is 8.70. The number of halogens is 1. The molecule has 3 nitrogen and oxygen atoms in total. The number of phenols is 1. The van der Waals surface area contributed by atoms with Crippen LogP contribution in [-0.2, 0) is 6.42 Å². The maximum Gasteiger partial charge on any atom is 0.143 e. The van der Waals surface area contributed by atoms with E-state index in [1.54, 1.807) is 12.1 Å². The summed E-state index contributed by atoms with van der Waals surface area (Å²) in [6.45, 7) is 0. The molecular formula is C14H12ClNO2. The molecule has 0 bridgehead atoms. The van der Waals surface area contributed by atoms with Crippen LogP contribution in [0.5, 0.6) is 5.75 Å². The van der Waals surface area contributed by atoms with Crippen molar-refractivity contribution in [1.82, 2.24) is 0 Å². The van der Waals surface area contributed by atoms with Crippen LogP contribution in [0.25, 0.3) is 0 Å². The molecule has 0 amide bonds. The van der Waals surface area contributed by atoms with Crippen LogP contribution in [0.15, 0.2) is 47.6 Å². The fraction of sp³-hybridized carbons (Fsp3) is 0.0714. The van der Waals surface area contributed by atoms with Crippen LogP contribution in [0.4, 0.5) is 0 Å². The van der Waals surface area contributed by atoms with Gasteiger partial charge in [0.15, 0.2) is 0 Å². The normalized spacial score (nSPS) is 10.9. The fourth-order valence-corrected chi connectivity index (χ4v) is 2.02. The van der Waals surface area contributed by atoms with Gasteiger partial charge in [0.25, 0.3) is 0 Å². The van der Waals surface area contributed by atoms with Crippen molar-refractivity contribution in [3.63, 3.8) is 0 Å². The third-order valence-corrected chi connectivity index (χ3v) is 2.89. The Morgan fingerprint density at radius 2 is 1.83 bits per heavy atom. The monoisotopic (exact) mass is 261 g/mol. The first kappa shape index (κ1) is 12.5. The van der Waals surface area contributed by atoms with Crippen LogP contribution in [0.3, 0.4) is 0 Å². The number of phenolic OH excluding ortho intramolecular Hbond substituents is 1. The second-order valence-corrected chi connectivity index (χ2v) is 4.33. The van der Waals surface area contributed by atoms with E-state index < -0.39 is 0 Å². The highest BCUT2D eigenvalue weighted by molar-refractivity contribution is 6.32. The number of hydrogen-bond donors (Lipinski definition) is 2. The molecule has 0 spiro atoms. The molecule has 0 saturated carbocycles. The zero-order valence-electron chi connectivity index (χ0n) is 9.55. The number of nitrogens with zero attached hydrogens (tertiary/aromatic N) is 1.